The third-order valence-electron chi connectivity index (χ3n) is 5.01. The number of aryl methyl sites for hydroxylation is 2. The summed E-state index contributed by atoms with van der Waals surface area (Å²) in [6.45, 7) is 3.58. The van der Waals surface area contributed by atoms with E-state index in [0.29, 0.717) is 23.1 Å². The number of rotatable bonds is 9. The van der Waals surface area contributed by atoms with Gasteiger partial charge in [0.05, 0.1) is 18.2 Å². The highest BCUT2D eigenvalue weighted by Gasteiger charge is 2.23. The van der Waals surface area contributed by atoms with Gasteiger partial charge in [-0.15, -0.1) is 0 Å². The molecule has 3 rings (SSSR count). The standard InChI is InChI=1S/C25H26ClN3O4S/c1-18-7-6-8-19(2)25(18)29(34(3,31)32)16-24(30)28-27-15-20-11-13-22(14-12-20)33-17-21-9-4-5-10-23(21)26/h4-15H,16-17H2,1-3H3,(H,28,30)/b27-15-. The van der Waals surface area contributed by atoms with Crippen molar-refractivity contribution in [2.45, 2.75) is 20.5 Å². The molecule has 0 aromatic heterocycles. The van der Waals surface area contributed by atoms with Crippen molar-refractivity contribution in [1.82, 2.24) is 5.43 Å². The molecule has 0 aliphatic rings. The molecule has 1 N–H and O–H groups in total. The van der Waals surface area contributed by atoms with E-state index < -0.39 is 15.9 Å². The maximum Gasteiger partial charge on any atom is 0.260 e. The normalized spacial score (nSPS) is 11.4. The number of nitrogens with zero attached hydrogens (tertiary/aromatic N) is 2. The van der Waals surface area contributed by atoms with Crippen LogP contribution in [0.5, 0.6) is 5.75 Å². The molecular weight excluding hydrogens is 474 g/mol. The van der Waals surface area contributed by atoms with E-state index in [2.05, 4.69) is 10.5 Å². The van der Waals surface area contributed by atoms with Crippen molar-refractivity contribution < 1.29 is 17.9 Å². The monoisotopic (exact) mass is 499 g/mol. The molecule has 0 atom stereocenters. The van der Waals surface area contributed by atoms with Crippen LogP contribution in [0.3, 0.4) is 0 Å². The highest BCUT2D eigenvalue weighted by molar-refractivity contribution is 7.92. The van der Waals surface area contributed by atoms with Gasteiger partial charge in [-0.05, 0) is 60.9 Å². The van der Waals surface area contributed by atoms with Gasteiger partial charge in [0.25, 0.3) is 5.91 Å². The van der Waals surface area contributed by atoms with Crippen LogP contribution < -0.4 is 14.5 Å². The Morgan fingerprint density at radius 2 is 1.68 bits per heavy atom. The van der Waals surface area contributed by atoms with Gasteiger partial charge in [0.15, 0.2) is 0 Å². The number of hydrogen-bond acceptors (Lipinski definition) is 5. The highest BCUT2D eigenvalue weighted by Crippen LogP contribution is 2.26. The summed E-state index contributed by atoms with van der Waals surface area (Å²) < 4.78 is 31.5. The molecule has 0 aliphatic heterocycles. The molecule has 3 aromatic carbocycles. The van der Waals surface area contributed by atoms with Crippen molar-refractivity contribution in [2.24, 2.45) is 5.10 Å². The zero-order valence-electron chi connectivity index (χ0n) is 19.2. The van der Waals surface area contributed by atoms with E-state index >= 15 is 0 Å². The first-order valence-electron chi connectivity index (χ1n) is 10.5. The van der Waals surface area contributed by atoms with Crippen LogP contribution in [0.25, 0.3) is 0 Å². The Kier molecular flexibility index (Phi) is 8.31. The van der Waals surface area contributed by atoms with Gasteiger partial charge in [0.2, 0.25) is 10.0 Å². The first-order chi connectivity index (χ1) is 16.1. The Morgan fingerprint density at radius 1 is 1.03 bits per heavy atom. The Balaban J connectivity index is 1.59. The van der Waals surface area contributed by atoms with Gasteiger partial charge >= 0.3 is 0 Å². The summed E-state index contributed by atoms with van der Waals surface area (Å²) in [6, 6.07) is 20.1. The third-order valence-corrected chi connectivity index (χ3v) is 6.49. The van der Waals surface area contributed by atoms with E-state index in [4.69, 9.17) is 16.3 Å². The zero-order valence-corrected chi connectivity index (χ0v) is 20.7. The largest absolute Gasteiger partial charge is 0.489 e. The molecule has 0 saturated heterocycles. The molecule has 0 bridgehead atoms. The Labute approximate surface area is 205 Å². The smallest absolute Gasteiger partial charge is 0.260 e. The van der Waals surface area contributed by atoms with Gasteiger partial charge in [-0.2, -0.15) is 5.10 Å². The average Bonchev–Trinajstić information content (AvgIpc) is 2.78. The van der Waals surface area contributed by atoms with E-state index in [1.54, 1.807) is 50.2 Å². The lowest BCUT2D eigenvalue weighted by atomic mass is 10.1. The molecule has 0 radical (unpaired) electrons. The van der Waals surface area contributed by atoms with Crippen LogP contribution >= 0.6 is 11.6 Å². The molecule has 0 fully saturated rings. The number of nitrogens with one attached hydrogen (secondary N) is 1. The molecule has 9 heteroatoms. The number of para-hydroxylation sites is 1. The predicted molar refractivity (Wildman–Crippen MR) is 136 cm³/mol. The van der Waals surface area contributed by atoms with E-state index in [0.717, 1.165) is 32.8 Å². The van der Waals surface area contributed by atoms with Crippen LogP contribution in [0.2, 0.25) is 5.02 Å². The summed E-state index contributed by atoms with van der Waals surface area (Å²) in [5.41, 5.74) is 6.04. The fraction of sp³-hybridized carbons (Fsp3) is 0.200. The van der Waals surface area contributed by atoms with Crippen LogP contribution in [-0.4, -0.2) is 33.3 Å². The van der Waals surface area contributed by atoms with Crippen molar-refractivity contribution in [3.05, 3.63) is 94.0 Å². The Morgan fingerprint density at radius 3 is 2.29 bits per heavy atom. The second-order valence-electron chi connectivity index (χ2n) is 7.75. The minimum Gasteiger partial charge on any atom is -0.489 e. The summed E-state index contributed by atoms with van der Waals surface area (Å²) in [6.07, 6.45) is 2.55. The van der Waals surface area contributed by atoms with Crippen molar-refractivity contribution in [1.29, 1.82) is 0 Å². The van der Waals surface area contributed by atoms with Crippen LogP contribution in [0.15, 0.2) is 71.8 Å². The number of amides is 1. The second kappa shape index (κ2) is 11.2. The van der Waals surface area contributed by atoms with Crippen LogP contribution in [-0.2, 0) is 21.4 Å². The number of ether oxygens (including phenoxy) is 1. The number of sulfonamides is 1. The molecule has 0 unspecified atom stereocenters. The van der Waals surface area contributed by atoms with Crippen LogP contribution in [0.4, 0.5) is 5.69 Å². The van der Waals surface area contributed by atoms with Crippen LogP contribution in [0, 0.1) is 13.8 Å². The SMILES string of the molecule is Cc1cccc(C)c1N(CC(=O)N/N=C\c1ccc(OCc2ccccc2Cl)cc1)S(C)(=O)=O. The fourth-order valence-electron chi connectivity index (χ4n) is 3.33. The van der Waals surface area contributed by atoms with E-state index in [1.165, 1.54) is 6.21 Å². The maximum atomic E-state index is 12.4. The third kappa shape index (κ3) is 6.82. The zero-order chi connectivity index (χ0) is 24.7. The fourth-order valence-corrected chi connectivity index (χ4v) is 4.49. The van der Waals surface area contributed by atoms with E-state index in [1.807, 2.05) is 30.3 Å². The predicted octanol–water partition coefficient (Wildman–Crippen LogP) is 4.45. The number of carbonyl (C=O) groups is 1. The summed E-state index contributed by atoms with van der Waals surface area (Å²) in [5.74, 6) is 0.113. The van der Waals surface area contributed by atoms with Gasteiger partial charge in [0.1, 0.15) is 18.9 Å². The summed E-state index contributed by atoms with van der Waals surface area (Å²) in [4.78, 5) is 12.4. The van der Waals surface area contributed by atoms with Crippen LogP contribution in [0.1, 0.15) is 22.3 Å². The molecular formula is C25H26ClN3O4S. The number of benzene rings is 3. The van der Waals surface area contributed by atoms with Gasteiger partial charge < -0.3 is 4.74 Å². The van der Waals surface area contributed by atoms with Crippen molar-refractivity contribution in [3.63, 3.8) is 0 Å². The molecule has 0 spiro atoms. The maximum absolute atomic E-state index is 12.4. The minimum absolute atomic E-state index is 0.348. The van der Waals surface area contributed by atoms with E-state index in [9.17, 15) is 13.2 Å². The average molecular weight is 500 g/mol. The lowest BCUT2D eigenvalue weighted by Crippen LogP contribution is -2.39. The lowest BCUT2D eigenvalue weighted by Gasteiger charge is -2.25. The number of halogens is 1. The molecule has 178 valence electrons. The first kappa shape index (κ1) is 25.3. The van der Waals surface area contributed by atoms with Gasteiger partial charge in [0, 0.05) is 10.6 Å². The highest BCUT2D eigenvalue weighted by atomic mass is 35.5. The van der Waals surface area contributed by atoms with Crippen molar-refractivity contribution >= 4 is 39.4 Å². The molecule has 1 amide bonds. The van der Waals surface area contributed by atoms with Gasteiger partial charge in [-0.1, -0.05) is 48.0 Å². The Hall–Kier alpha value is -3.36. The number of carbonyl (C=O) groups excluding carboxylic acids is 1. The summed E-state index contributed by atoms with van der Waals surface area (Å²) >= 11 is 6.14. The van der Waals surface area contributed by atoms with Crippen molar-refractivity contribution in [2.75, 3.05) is 17.1 Å². The number of anilines is 1. The van der Waals surface area contributed by atoms with Gasteiger partial charge in [-0.25, -0.2) is 13.8 Å². The molecule has 0 saturated carbocycles. The Bertz CT molecular complexity index is 1270. The molecule has 7 nitrogen and oxygen atoms in total. The quantitative estimate of drug-likeness (QED) is 0.348. The second-order valence-corrected chi connectivity index (χ2v) is 10.1. The molecule has 3 aromatic rings. The van der Waals surface area contributed by atoms with E-state index in [-0.39, 0.29) is 6.54 Å². The lowest BCUT2D eigenvalue weighted by molar-refractivity contribution is -0.119. The first-order valence-corrected chi connectivity index (χ1v) is 12.7. The number of hydrogen-bond donors (Lipinski definition) is 1. The molecule has 0 aliphatic carbocycles. The van der Waals surface area contributed by atoms with Gasteiger partial charge in [-0.3, -0.25) is 9.10 Å². The van der Waals surface area contributed by atoms with Crippen molar-refractivity contribution in [3.8, 4) is 5.75 Å². The molecule has 34 heavy (non-hydrogen) atoms. The number of hydrazone groups is 1. The summed E-state index contributed by atoms with van der Waals surface area (Å²) in [5, 5.41) is 4.59. The topological polar surface area (TPSA) is 88.1 Å². The molecule has 0 heterocycles. The minimum atomic E-state index is -3.67. The summed E-state index contributed by atoms with van der Waals surface area (Å²) in [7, 11) is -3.67.